The van der Waals surface area contributed by atoms with Crippen LogP contribution in [-0.4, -0.2) is 46.0 Å². The van der Waals surface area contributed by atoms with Crippen molar-refractivity contribution < 1.29 is 4.92 Å². The lowest BCUT2D eigenvalue weighted by atomic mass is 10.2. The number of nitrogens with zero attached hydrogens (tertiary/aromatic N) is 6. The quantitative estimate of drug-likeness (QED) is 0.619. The number of hydrogen-bond acceptors (Lipinski definition) is 8. The third kappa shape index (κ3) is 3.06. The fourth-order valence-corrected chi connectivity index (χ4v) is 3.59. The normalized spacial score (nSPS) is 16.6. The third-order valence-corrected chi connectivity index (χ3v) is 5.12. The van der Waals surface area contributed by atoms with Gasteiger partial charge in [-0.3, -0.25) is 15.0 Å². The van der Waals surface area contributed by atoms with Crippen molar-refractivity contribution in [1.82, 2.24) is 14.9 Å². The van der Waals surface area contributed by atoms with Gasteiger partial charge in [-0.25, -0.2) is 9.97 Å². The Labute approximate surface area is 143 Å². The molecule has 0 aliphatic carbocycles. The maximum Gasteiger partial charge on any atom is 0.329 e. The number of rotatable bonds is 4. The topological polar surface area (TPSA) is 99.2 Å². The molecule has 0 radical (unpaired) electrons. The van der Waals surface area contributed by atoms with Crippen LogP contribution in [0, 0.1) is 21.4 Å². The first-order valence-electron chi connectivity index (χ1n) is 7.53. The number of hydrogen-bond donors (Lipinski definition) is 0. The highest BCUT2D eigenvalue weighted by Crippen LogP contribution is 2.31. The highest BCUT2D eigenvalue weighted by molar-refractivity contribution is 7.09. The molecule has 2 aromatic rings. The summed E-state index contributed by atoms with van der Waals surface area (Å²) < 4.78 is 0. The Balaban J connectivity index is 1.76. The first-order chi connectivity index (χ1) is 11.6. The van der Waals surface area contributed by atoms with E-state index in [0.717, 1.165) is 18.1 Å². The number of aromatic nitrogens is 2. The van der Waals surface area contributed by atoms with Crippen molar-refractivity contribution in [3.05, 3.63) is 44.5 Å². The lowest BCUT2D eigenvalue weighted by molar-refractivity contribution is -0.384. The van der Waals surface area contributed by atoms with Crippen LogP contribution >= 0.6 is 11.3 Å². The van der Waals surface area contributed by atoms with Gasteiger partial charge in [0, 0.05) is 44.0 Å². The van der Waals surface area contributed by atoms with Gasteiger partial charge in [0.05, 0.1) is 11.0 Å². The summed E-state index contributed by atoms with van der Waals surface area (Å²) in [5.74, 6) is 0.278. The SMILES string of the molecule is CC(c1nccs1)N1CCN(c2nccc(C#N)c2[N+](=O)[O-])CC1. The Morgan fingerprint density at radius 1 is 1.33 bits per heavy atom. The van der Waals surface area contributed by atoms with E-state index in [1.165, 1.54) is 12.3 Å². The summed E-state index contributed by atoms with van der Waals surface area (Å²) in [6.45, 7) is 4.88. The maximum atomic E-state index is 11.3. The van der Waals surface area contributed by atoms with E-state index in [0.29, 0.717) is 13.1 Å². The fourth-order valence-electron chi connectivity index (χ4n) is 2.86. The zero-order chi connectivity index (χ0) is 17.1. The predicted molar refractivity (Wildman–Crippen MR) is 89.9 cm³/mol. The molecule has 1 aliphatic rings. The number of piperazine rings is 1. The van der Waals surface area contributed by atoms with Gasteiger partial charge in [0.25, 0.3) is 0 Å². The van der Waals surface area contributed by atoms with Crippen LogP contribution in [-0.2, 0) is 0 Å². The van der Waals surface area contributed by atoms with Crippen molar-refractivity contribution >= 4 is 22.8 Å². The first-order valence-corrected chi connectivity index (χ1v) is 8.41. The molecule has 9 heteroatoms. The van der Waals surface area contributed by atoms with Crippen LogP contribution in [0.1, 0.15) is 23.5 Å². The van der Waals surface area contributed by atoms with Crippen molar-refractivity contribution in [2.45, 2.75) is 13.0 Å². The molecule has 1 saturated heterocycles. The zero-order valence-corrected chi connectivity index (χ0v) is 13.9. The van der Waals surface area contributed by atoms with Crippen LogP contribution in [0.15, 0.2) is 23.8 Å². The van der Waals surface area contributed by atoms with Gasteiger partial charge in [-0.05, 0) is 13.0 Å². The zero-order valence-electron chi connectivity index (χ0n) is 13.1. The second-order valence-corrected chi connectivity index (χ2v) is 6.40. The molecule has 124 valence electrons. The largest absolute Gasteiger partial charge is 0.348 e. The van der Waals surface area contributed by atoms with Gasteiger partial charge in [-0.1, -0.05) is 0 Å². The van der Waals surface area contributed by atoms with E-state index in [1.54, 1.807) is 17.5 Å². The average Bonchev–Trinajstić information content (AvgIpc) is 3.15. The molecule has 1 unspecified atom stereocenters. The van der Waals surface area contributed by atoms with Gasteiger partial charge in [0.15, 0.2) is 0 Å². The highest BCUT2D eigenvalue weighted by Gasteiger charge is 2.29. The van der Waals surface area contributed by atoms with Gasteiger partial charge in [-0.15, -0.1) is 11.3 Å². The molecule has 1 atom stereocenters. The molecule has 0 spiro atoms. The minimum atomic E-state index is -0.522. The van der Waals surface area contributed by atoms with E-state index < -0.39 is 4.92 Å². The van der Waals surface area contributed by atoms with Crippen LogP contribution in [0.4, 0.5) is 11.5 Å². The average molecular weight is 344 g/mol. The Hall–Kier alpha value is -2.57. The van der Waals surface area contributed by atoms with Crippen LogP contribution in [0.2, 0.25) is 0 Å². The molecule has 0 aromatic carbocycles. The van der Waals surface area contributed by atoms with Gasteiger partial charge in [-0.2, -0.15) is 5.26 Å². The van der Waals surface area contributed by atoms with Crippen LogP contribution < -0.4 is 4.90 Å². The minimum Gasteiger partial charge on any atom is -0.348 e. The molecular weight excluding hydrogens is 328 g/mol. The Kier molecular flexibility index (Phi) is 4.69. The number of pyridine rings is 1. The van der Waals surface area contributed by atoms with Crippen LogP contribution in [0.5, 0.6) is 0 Å². The smallest absolute Gasteiger partial charge is 0.329 e. The number of thiazole rings is 1. The molecule has 3 heterocycles. The molecule has 0 amide bonds. The van der Waals surface area contributed by atoms with E-state index in [4.69, 9.17) is 5.26 Å². The molecule has 8 nitrogen and oxygen atoms in total. The number of nitro groups is 1. The van der Waals surface area contributed by atoms with Gasteiger partial charge < -0.3 is 4.90 Å². The van der Waals surface area contributed by atoms with E-state index >= 15 is 0 Å². The fraction of sp³-hybridized carbons (Fsp3) is 0.400. The van der Waals surface area contributed by atoms with E-state index in [1.807, 2.05) is 16.3 Å². The summed E-state index contributed by atoms with van der Waals surface area (Å²) in [5.41, 5.74) is -0.162. The van der Waals surface area contributed by atoms with Crippen molar-refractivity contribution in [2.24, 2.45) is 0 Å². The standard InChI is InChI=1S/C15H16N6O2S/c1-11(15-18-4-9-24-15)19-5-7-20(8-6-19)14-13(21(22)23)12(10-16)2-3-17-14/h2-4,9,11H,5-8H2,1H3. The van der Waals surface area contributed by atoms with E-state index in [-0.39, 0.29) is 23.1 Å². The van der Waals surface area contributed by atoms with Crippen molar-refractivity contribution in [3.63, 3.8) is 0 Å². The monoisotopic (exact) mass is 344 g/mol. The second kappa shape index (κ2) is 6.90. The second-order valence-electron chi connectivity index (χ2n) is 5.47. The molecule has 3 rings (SSSR count). The lowest BCUT2D eigenvalue weighted by Crippen LogP contribution is -2.47. The summed E-state index contributed by atoms with van der Waals surface area (Å²) in [4.78, 5) is 23.5. The predicted octanol–water partition coefficient (Wildman–Crippen LogP) is 2.20. The molecule has 24 heavy (non-hydrogen) atoms. The molecule has 0 saturated carbocycles. The van der Waals surface area contributed by atoms with E-state index in [2.05, 4.69) is 21.8 Å². The van der Waals surface area contributed by atoms with Gasteiger partial charge >= 0.3 is 5.69 Å². The summed E-state index contributed by atoms with van der Waals surface area (Å²) in [6, 6.07) is 3.48. The first kappa shape index (κ1) is 16.3. The Morgan fingerprint density at radius 2 is 2.08 bits per heavy atom. The van der Waals surface area contributed by atoms with Crippen LogP contribution in [0.3, 0.4) is 0 Å². The van der Waals surface area contributed by atoms with Crippen molar-refractivity contribution in [2.75, 3.05) is 31.1 Å². The molecule has 2 aromatic heterocycles. The summed E-state index contributed by atoms with van der Waals surface area (Å²) >= 11 is 1.63. The summed E-state index contributed by atoms with van der Waals surface area (Å²) in [6.07, 6.45) is 3.25. The lowest BCUT2D eigenvalue weighted by Gasteiger charge is -2.37. The molecule has 1 fully saturated rings. The number of nitriles is 1. The summed E-state index contributed by atoms with van der Waals surface area (Å²) in [7, 11) is 0. The maximum absolute atomic E-state index is 11.3. The van der Waals surface area contributed by atoms with E-state index in [9.17, 15) is 10.1 Å². The van der Waals surface area contributed by atoms with Crippen molar-refractivity contribution in [3.8, 4) is 6.07 Å². The number of anilines is 1. The minimum absolute atomic E-state index is 0.0450. The summed E-state index contributed by atoms with van der Waals surface area (Å²) in [5, 5.41) is 23.5. The van der Waals surface area contributed by atoms with Crippen molar-refractivity contribution in [1.29, 1.82) is 5.26 Å². The Morgan fingerprint density at radius 3 is 2.67 bits per heavy atom. The molecule has 0 N–H and O–H groups in total. The highest BCUT2D eigenvalue weighted by atomic mass is 32.1. The Bertz CT molecular complexity index is 765. The van der Waals surface area contributed by atoms with Crippen LogP contribution in [0.25, 0.3) is 0 Å². The third-order valence-electron chi connectivity index (χ3n) is 4.18. The molecular formula is C15H16N6O2S. The molecule has 1 aliphatic heterocycles. The van der Waals surface area contributed by atoms with Gasteiger partial charge in [0.1, 0.15) is 16.6 Å². The molecule has 0 bridgehead atoms. The van der Waals surface area contributed by atoms with Gasteiger partial charge in [0.2, 0.25) is 5.82 Å².